The molecule has 1 saturated heterocycles. The molecule has 4 heteroatoms. The summed E-state index contributed by atoms with van der Waals surface area (Å²) in [6.45, 7) is 4.88. The molecule has 1 heterocycles. The maximum absolute atomic E-state index is 5.88. The van der Waals surface area contributed by atoms with Gasteiger partial charge in [-0.15, -0.1) is 0 Å². The minimum atomic E-state index is 0.550. The van der Waals surface area contributed by atoms with Crippen molar-refractivity contribution in [3.63, 3.8) is 0 Å². The van der Waals surface area contributed by atoms with Gasteiger partial charge in [-0.25, -0.2) is 0 Å². The second kappa shape index (κ2) is 7.87. The van der Waals surface area contributed by atoms with Crippen LogP contribution in [0.25, 0.3) is 0 Å². The number of benzene rings is 1. The van der Waals surface area contributed by atoms with Crippen molar-refractivity contribution in [3.8, 4) is 5.75 Å². The predicted molar refractivity (Wildman–Crippen MR) is 84.4 cm³/mol. The first-order chi connectivity index (χ1) is 9.70. The van der Waals surface area contributed by atoms with Crippen LogP contribution < -0.4 is 10.5 Å². The van der Waals surface area contributed by atoms with Crippen LogP contribution in [-0.4, -0.2) is 36.7 Å². The first-order valence-electron chi connectivity index (χ1n) is 7.55. The zero-order valence-corrected chi connectivity index (χ0v) is 13.0. The third kappa shape index (κ3) is 4.37. The lowest BCUT2D eigenvalue weighted by Crippen LogP contribution is -2.49. The van der Waals surface area contributed by atoms with E-state index in [1.54, 1.807) is 0 Å². The predicted octanol–water partition coefficient (Wildman–Crippen LogP) is 3.31. The number of nitrogens with two attached hydrogens (primary N) is 1. The SMILES string of the molecule is CC1CCCC(CN)N1CCCOc1ccc(Cl)cc1. The summed E-state index contributed by atoms with van der Waals surface area (Å²) in [5.41, 5.74) is 5.88. The Morgan fingerprint density at radius 1 is 1.30 bits per heavy atom. The monoisotopic (exact) mass is 296 g/mol. The van der Waals surface area contributed by atoms with Gasteiger partial charge in [0.15, 0.2) is 0 Å². The Morgan fingerprint density at radius 3 is 2.75 bits per heavy atom. The van der Waals surface area contributed by atoms with Crippen molar-refractivity contribution in [2.45, 2.75) is 44.7 Å². The second-order valence-corrected chi connectivity index (χ2v) is 6.00. The molecule has 2 N–H and O–H groups in total. The first kappa shape index (κ1) is 15.6. The molecular formula is C16H25ClN2O. The van der Waals surface area contributed by atoms with Crippen molar-refractivity contribution in [2.75, 3.05) is 19.7 Å². The minimum absolute atomic E-state index is 0.550. The molecule has 0 aromatic heterocycles. The van der Waals surface area contributed by atoms with Crippen molar-refractivity contribution >= 4 is 11.6 Å². The van der Waals surface area contributed by atoms with Gasteiger partial charge in [-0.1, -0.05) is 18.0 Å². The number of piperidine rings is 1. The molecule has 0 spiro atoms. The lowest BCUT2D eigenvalue weighted by Gasteiger charge is -2.40. The molecule has 0 amide bonds. The number of nitrogens with zero attached hydrogens (tertiary/aromatic N) is 1. The van der Waals surface area contributed by atoms with Gasteiger partial charge in [0.2, 0.25) is 0 Å². The van der Waals surface area contributed by atoms with E-state index in [1.165, 1.54) is 19.3 Å². The highest BCUT2D eigenvalue weighted by atomic mass is 35.5. The molecule has 1 fully saturated rings. The van der Waals surface area contributed by atoms with Crippen LogP contribution in [0.1, 0.15) is 32.6 Å². The minimum Gasteiger partial charge on any atom is -0.494 e. The van der Waals surface area contributed by atoms with Crippen LogP contribution in [0.2, 0.25) is 5.02 Å². The van der Waals surface area contributed by atoms with Crippen molar-refractivity contribution in [3.05, 3.63) is 29.3 Å². The van der Waals surface area contributed by atoms with E-state index >= 15 is 0 Å². The van der Waals surface area contributed by atoms with E-state index in [2.05, 4.69) is 11.8 Å². The summed E-state index contributed by atoms with van der Waals surface area (Å²) in [5.74, 6) is 0.886. The Balaban J connectivity index is 1.72. The Hall–Kier alpha value is -0.770. The van der Waals surface area contributed by atoms with Gasteiger partial charge < -0.3 is 10.5 Å². The first-order valence-corrected chi connectivity index (χ1v) is 7.92. The number of likely N-dealkylation sites (tertiary alicyclic amines) is 1. The van der Waals surface area contributed by atoms with Crippen molar-refractivity contribution in [1.82, 2.24) is 4.90 Å². The molecule has 0 bridgehead atoms. The van der Waals surface area contributed by atoms with Crippen molar-refractivity contribution in [1.29, 1.82) is 0 Å². The number of ether oxygens (including phenoxy) is 1. The molecule has 0 saturated carbocycles. The topological polar surface area (TPSA) is 38.5 Å². The maximum Gasteiger partial charge on any atom is 0.119 e. The van der Waals surface area contributed by atoms with E-state index in [1.807, 2.05) is 24.3 Å². The van der Waals surface area contributed by atoms with Gasteiger partial charge >= 0.3 is 0 Å². The maximum atomic E-state index is 5.88. The fourth-order valence-corrected chi connectivity index (χ4v) is 3.09. The Bertz CT molecular complexity index is 396. The zero-order valence-electron chi connectivity index (χ0n) is 12.2. The van der Waals surface area contributed by atoms with Gasteiger partial charge in [-0.3, -0.25) is 4.90 Å². The summed E-state index contributed by atoms with van der Waals surface area (Å²) in [6, 6.07) is 8.73. The molecule has 2 unspecified atom stereocenters. The zero-order chi connectivity index (χ0) is 14.4. The lowest BCUT2D eigenvalue weighted by molar-refractivity contribution is 0.0904. The van der Waals surface area contributed by atoms with Crippen LogP contribution in [0.3, 0.4) is 0 Å². The van der Waals surface area contributed by atoms with E-state index in [4.69, 9.17) is 22.1 Å². The average molecular weight is 297 g/mol. The molecule has 0 aliphatic carbocycles. The lowest BCUT2D eigenvalue weighted by atomic mass is 9.96. The molecule has 2 atom stereocenters. The van der Waals surface area contributed by atoms with Crippen LogP contribution in [-0.2, 0) is 0 Å². The normalized spacial score (nSPS) is 23.8. The summed E-state index contributed by atoms with van der Waals surface area (Å²) in [7, 11) is 0. The van der Waals surface area contributed by atoms with Crippen LogP contribution in [0, 0.1) is 0 Å². The molecule has 1 aliphatic rings. The Kier molecular flexibility index (Phi) is 6.14. The third-order valence-electron chi connectivity index (χ3n) is 4.11. The summed E-state index contributed by atoms with van der Waals surface area (Å²) in [4.78, 5) is 2.55. The standard InChI is InChI=1S/C16H25ClN2O/c1-13-4-2-5-15(12-18)19(13)10-3-11-20-16-8-6-14(17)7-9-16/h6-9,13,15H,2-5,10-12,18H2,1H3. The van der Waals surface area contributed by atoms with Crippen molar-refractivity contribution < 1.29 is 4.74 Å². The molecule has 0 radical (unpaired) electrons. The second-order valence-electron chi connectivity index (χ2n) is 5.56. The van der Waals surface area contributed by atoms with Gasteiger partial charge in [-0.05, 0) is 50.5 Å². The average Bonchev–Trinajstić information content (AvgIpc) is 2.46. The number of rotatable bonds is 6. The quantitative estimate of drug-likeness (QED) is 0.819. The van der Waals surface area contributed by atoms with E-state index in [0.717, 1.165) is 36.9 Å². The summed E-state index contributed by atoms with van der Waals surface area (Å²) in [5, 5.41) is 0.741. The highest BCUT2D eigenvalue weighted by molar-refractivity contribution is 6.30. The fourth-order valence-electron chi connectivity index (χ4n) is 2.96. The summed E-state index contributed by atoms with van der Waals surface area (Å²) < 4.78 is 5.74. The molecule has 112 valence electrons. The molecule has 3 nitrogen and oxygen atoms in total. The molecule has 20 heavy (non-hydrogen) atoms. The van der Waals surface area contributed by atoms with Gasteiger partial charge in [-0.2, -0.15) is 0 Å². The molecule has 1 aromatic carbocycles. The largest absolute Gasteiger partial charge is 0.494 e. The van der Waals surface area contributed by atoms with E-state index in [-0.39, 0.29) is 0 Å². The van der Waals surface area contributed by atoms with Gasteiger partial charge in [0.1, 0.15) is 5.75 Å². The Labute approximate surface area is 127 Å². The fraction of sp³-hybridized carbons (Fsp3) is 0.625. The number of halogens is 1. The van der Waals surface area contributed by atoms with Gasteiger partial charge in [0.25, 0.3) is 0 Å². The van der Waals surface area contributed by atoms with E-state index in [0.29, 0.717) is 12.1 Å². The van der Waals surface area contributed by atoms with Gasteiger partial charge in [0.05, 0.1) is 6.61 Å². The number of hydrogen-bond donors (Lipinski definition) is 1. The van der Waals surface area contributed by atoms with E-state index in [9.17, 15) is 0 Å². The van der Waals surface area contributed by atoms with E-state index < -0.39 is 0 Å². The molecule has 1 aliphatic heterocycles. The van der Waals surface area contributed by atoms with Gasteiger partial charge in [0, 0.05) is 30.2 Å². The van der Waals surface area contributed by atoms with Crippen LogP contribution in [0.4, 0.5) is 0 Å². The highest BCUT2D eigenvalue weighted by Crippen LogP contribution is 2.22. The van der Waals surface area contributed by atoms with Crippen LogP contribution in [0.5, 0.6) is 5.75 Å². The number of hydrogen-bond acceptors (Lipinski definition) is 3. The molecular weight excluding hydrogens is 272 g/mol. The summed E-state index contributed by atoms with van der Waals surface area (Å²) >= 11 is 5.85. The Morgan fingerprint density at radius 2 is 2.05 bits per heavy atom. The summed E-state index contributed by atoms with van der Waals surface area (Å²) in [6.07, 6.45) is 4.86. The van der Waals surface area contributed by atoms with Crippen molar-refractivity contribution in [2.24, 2.45) is 5.73 Å². The van der Waals surface area contributed by atoms with Crippen LogP contribution in [0.15, 0.2) is 24.3 Å². The third-order valence-corrected chi connectivity index (χ3v) is 4.36. The molecule has 2 rings (SSSR count). The highest BCUT2D eigenvalue weighted by Gasteiger charge is 2.25. The smallest absolute Gasteiger partial charge is 0.119 e. The van der Waals surface area contributed by atoms with Crippen LogP contribution >= 0.6 is 11.6 Å². The molecule has 1 aromatic rings.